The molecule has 0 aliphatic heterocycles. The molecule has 1 heterocycles. The standard InChI is InChI=1S/C43H25N/c1-2-16-39-31(7-1)22-34(25-44-39)30-12-3-11-29(21-30)33-23-32-20-19-28-9-5-14-36-35-13-4-8-26-17-18-27-10-6-15-37(42(27)40(26)35)38(24-33)43(32)41(28)36/h1-25H. The average Bonchev–Trinajstić information content (AvgIpc) is 3.09. The minimum Gasteiger partial charge on any atom is -0.256 e. The van der Waals surface area contributed by atoms with Crippen molar-refractivity contribution in [1.29, 1.82) is 0 Å². The summed E-state index contributed by atoms with van der Waals surface area (Å²) >= 11 is 0. The molecule has 9 aromatic carbocycles. The zero-order valence-electron chi connectivity index (χ0n) is 23.9. The lowest BCUT2D eigenvalue weighted by atomic mass is 9.86. The van der Waals surface area contributed by atoms with Gasteiger partial charge in [0.1, 0.15) is 0 Å². The number of rotatable bonds is 2. The van der Waals surface area contributed by atoms with Gasteiger partial charge in [0.15, 0.2) is 0 Å². The predicted octanol–water partition coefficient (Wildman–Crippen LogP) is 11.9. The summed E-state index contributed by atoms with van der Waals surface area (Å²) in [4.78, 5) is 4.74. The molecule has 0 N–H and O–H groups in total. The fourth-order valence-electron chi connectivity index (χ4n) is 7.56. The maximum Gasteiger partial charge on any atom is 0.0702 e. The summed E-state index contributed by atoms with van der Waals surface area (Å²) in [5, 5.41) is 16.8. The largest absolute Gasteiger partial charge is 0.256 e. The minimum atomic E-state index is 1.02. The molecule has 10 rings (SSSR count). The second-order valence-corrected chi connectivity index (χ2v) is 12.0. The summed E-state index contributed by atoms with van der Waals surface area (Å²) in [6, 6.07) is 53.7. The SMILES string of the molecule is c1cc(-c2cnc3ccccc3c2)cc(-c2cc3ccc4cccc5c6cccc7ccc8cccc(c(c2)c3c45)c8c76)c1. The van der Waals surface area contributed by atoms with Crippen LogP contribution in [0, 0.1) is 0 Å². The molecule has 0 radical (unpaired) electrons. The summed E-state index contributed by atoms with van der Waals surface area (Å²) in [6.07, 6.45) is 1.99. The van der Waals surface area contributed by atoms with Crippen LogP contribution in [-0.2, 0) is 0 Å². The van der Waals surface area contributed by atoms with E-state index >= 15 is 0 Å². The molecule has 1 nitrogen and oxygen atoms in total. The number of aromatic nitrogens is 1. The number of para-hydroxylation sites is 1. The third-order valence-electron chi connectivity index (χ3n) is 9.54. The molecular formula is C43H25N. The van der Waals surface area contributed by atoms with Crippen molar-refractivity contribution < 1.29 is 0 Å². The zero-order chi connectivity index (χ0) is 28.8. The van der Waals surface area contributed by atoms with Crippen LogP contribution < -0.4 is 0 Å². The monoisotopic (exact) mass is 555 g/mol. The highest BCUT2D eigenvalue weighted by Crippen LogP contribution is 2.44. The summed E-state index contributed by atoms with van der Waals surface area (Å²) in [5.41, 5.74) is 5.74. The van der Waals surface area contributed by atoms with Crippen molar-refractivity contribution in [3.8, 4) is 22.3 Å². The van der Waals surface area contributed by atoms with Gasteiger partial charge in [0.25, 0.3) is 0 Å². The second-order valence-electron chi connectivity index (χ2n) is 12.0. The molecule has 0 saturated carbocycles. The topological polar surface area (TPSA) is 12.9 Å². The first-order valence-corrected chi connectivity index (χ1v) is 15.2. The van der Waals surface area contributed by atoms with E-state index in [1.807, 2.05) is 12.3 Å². The van der Waals surface area contributed by atoms with Gasteiger partial charge in [0, 0.05) is 17.1 Å². The molecule has 1 heteroatoms. The Balaban J connectivity index is 1.34. The summed E-state index contributed by atoms with van der Waals surface area (Å²) in [6.45, 7) is 0. The summed E-state index contributed by atoms with van der Waals surface area (Å²) < 4.78 is 0. The Kier molecular flexibility index (Phi) is 4.78. The van der Waals surface area contributed by atoms with Crippen LogP contribution in [0.25, 0.3) is 97.8 Å². The van der Waals surface area contributed by atoms with Gasteiger partial charge in [0.2, 0.25) is 0 Å². The van der Waals surface area contributed by atoms with Crippen LogP contribution in [-0.4, -0.2) is 4.98 Å². The van der Waals surface area contributed by atoms with E-state index in [1.54, 1.807) is 0 Å². The maximum atomic E-state index is 4.74. The molecule has 44 heavy (non-hydrogen) atoms. The number of pyridine rings is 1. The molecular weight excluding hydrogens is 530 g/mol. The van der Waals surface area contributed by atoms with Crippen molar-refractivity contribution in [2.45, 2.75) is 0 Å². The van der Waals surface area contributed by atoms with Crippen LogP contribution in [0.3, 0.4) is 0 Å². The molecule has 0 fully saturated rings. The van der Waals surface area contributed by atoms with E-state index < -0.39 is 0 Å². The van der Waals surface area contributed by atoms with E-state index in [0.29, 0.717) is 0 Å². The van der Waals surface area contributed by atoms with Crippen LogP contribution in [0.15, 0.2) is 152 Å². The first-order chi connectivity index (χ1) is 21.8. The third kappa shape index (κ3) is 3.32. The Hall–Kier alpha value is -5.79. The number of hydrogen-bond acceptors (Lipinski definition) is 1. The van der Waals surface area contributed by atoms with Crippen LogP contribution >= 0.6 is 0 Å². The van der Waals surface area contributed by atoms with E-state index in [9.17, 15) is 0 Å². The van der Waals surface area contributed by atoms with Crippen molar-refractivity contribution in [1.82, 2.24) is 4.98 Å². The normalized spacial score (nSPS) is 12.1. The molecule has 0 aliphatic carbocycles. The van der Waals surface area contributed by atoms with Crippen LogP contribution in [0.2, 0.25) is 0 Å². The lowest BCUT2D eigenvalue weighted by Crippen LogP contribution is -1.89. The first-order valence-electron chi connectivity index (χ1n) is 15.2. The number of benzene rings is 8. The third-order valence-corrected chi connectivity index (χ3v) is 9.54. The zero-order valence-corrected chi connectivity index (χ0v) is 23.9. The quantitative estimate of drug-likeness (QED) is 0.193. The summed E-state index contributed by atoms with van der Waals surface area (Å²) in [5.74, 6) is 0. The van der Waals surface area contributed by atoms with Crippen molar-refractivity contribution in [2.75, 3.05) is 0 Å². The predicted molar refractivity (Wildman–Crippen MR) is 189 cm³/mol. The van der Waals surface area contributed by atoms with Crippen molar-refractivity contribution in [2.24, 2.45) is 0 Å². The molecule has 0 aliphatic rings. The minimum absolute atomic E-state index is 1.02. The first kappa shape index (κ1) is 23.7. The lowest BCUT2D eigenvalue weighted by molar-refractivity contribution is 1.41. The maximum absolute atomic E-state index is 4.74. The molecule has 10 aromatic rings. The van der Waals surface area contributed by atoms with Gasteiger partial charge in [-0.15, -0.1) is 0 Å². The fraction of sp³-hybridized carbons (Fsp3) is 0. The van der Waals surface area contributed by atoms with Gasteiger partial charge in [-0.1, -0.05) is 115 Å². The van der Waals surface area contributed by atoms with Crippen molar-refractivity contribution in [3.05, 3.63) is 152 Å². The summed E-state index contributed by atoms with van der Waals surface area (Å²) in [7, 11) is 0. The molecule has 0 unspecified atom stereocenters. The highest BCUT2D eigenvalue weighted by molar-refractivity contribution is 6.37. The van der Waals surface area contributed by atoms with Crippen LogP contribution in [0.1, 0.15) is 0 Å². The molecule has 0 atom stereocenters. The Labute approximate surface area is 254 Å². The number of fused-ring (bicyclic) bond motifs is 3. The van der Waals surface area contributed by atoms with E-state index in [0.717, 1.165) is 16.5 Å². The average molecular weight is 556 g/mol. The Bertz CT molecular complexity index is 2760. The van der Waals surface area contributed by atoms with E-state index in [-0.39, 0.29) is 0 Å². The van der Waals surface area contributed by atoms with Gasteiger partial charge in [-0.25, -0.2) is 0 Å². The van der Waals surface area contributed by atoms with E-state index in [1.165, 1.54) is 81.3 Å². The molecule has 0 bridgehead atoms. The van der Waals surface area contributed by atoms with Gasteiger partial charge in [-0.3, -0.25) is 4.98 Å². The molecule has 0 spiro atoms. The fourth-order valence-corrected chi connectivity index (χ4v) is 7.56. The number of nitrogens with zero attached hydrogens (tertiary/aromatic N) is 1. The highest BCUT2D eigenvalue weighted by Gasteiger charge is 2.16. The van der Waals surface area contributed by atoms with E-state index in [2.05, 4.69) is 140 Å². The van der Waals surface area contributed by atoms with Crippen LogP contribution in [0.5, 0.6) is 0 Å². The Morgan fingerprint density at radius 2 is 0.795 bits per heavy atom. The van der Waals surface area contributed by atoms with Crippen LogP contribution in [0.4, 0.5) is 0 Å². The Morgan fingerprint density at radius 1 is 0.295 bits per heavy atom. The van der Waals surface area contributed by atoms with Gasteiger partial charge in [0.05, 0.1) is 5.52 Å². The molecule has 202 valence electrons. The van der Waals surface area contributed by atoms with Crippen molar-refractivity contribution >= 4 is 75.5 Å². The Morgan fingerprint density at radius 3 is 1.48 bits per heavy atom. The van der Waals surface area contributed by atoms with E-state index in [4.69, 9.17) is 4.98 Å². The van der Waals surface area contributed by atoms with Gasteiger partial charge >= 0.3 is 0 Å². The smallest absolute Gasteiger partial charge is 0.0702 e. The second kappa shape index (κ2) is 8.86. The lowest BCUT2D eigenvalue weighted by Gasteiger charge is -2.17. The van der Waals surface area contributed by atoms with Crippen molar-refractivity contribution in [3.63, 3.8) is 0 Å². The molecule has 0 saturated heterocycles. The highest BCUT2D eigenvalue weighted by atomic mass is 14.6. The molecule has 1 aromatic heterocycles. The van der Waals surface area contributed by atoms with Gasteiger partial charge in [-0.2, -0.15) is 0 Å². The number of hydrogen-bond donors (Lipinski definition) is 0. The molecule has 0 amide bonds. The van der Waals surface area contributed by atoms with Gasteiger partial charge in [-0.05, 0) is 112 Å². The van der Waals surface area contributed by atoms with Gasteiger partial charge < -0.3 is 0 Å².